The van der Waals surface area contributed by atoms with Crippen molar-refractivity contribution >= 4 is 26.8 Å². The molecule has 1 fully saturated rings. The van der Waals surface area contributed by atoms with Gasteiger partial charge >= 0.3 is 0 Å². The molecule has 1 saturated heterocycles. The summed E-state index contributed by atoms with van der Waals surface area (Å²) in [6.07, 6.45) is 4.75. The molecule has 2 heterocycles. The van der Waals surface area contributed by atoms with Crippen LogP contribution in [0.25, 0.3) is 10.9 Å². The van der Waals surface area contributed by atoms with Crippen LogP contribution in [-0.4, -0.2) is 23.5 Å². The second kappa shape index (κ2) is 3.90. The molecule has 2 nitrogen and oxygen atoms in total. The molecule has 1 aromatic carbocycles. The molecule has 0 amide bonds. The molecule has 0 spiro atoms. The van der Waals surface area contributed by atoms with Crippen molar-refractivity contribution in [2.24, 2.45) is 0 Å². The highest BCUT2D eigenvalue weighted by Crippen LogP contribution is 2.35. The first kappa shape index (κ1) is 10.4. The van der Waals surface area contributed by atoms with Crippen LogP contribution < -0.4 is 0 Å². The van der Waals surface area contributed by atoms with E-state index in [2.05, 4.69) is 57.3 Å². The minimum atomic E-state index is 0.586. The highest BCUT2D eigenvalue weighted by atomic mass is 79.9. The number of halogens is 1. The van der Waals surface area contributed by atoms with E-state index in [0.717, 1.165) is 4.47 Å². The number of likely N-dealkylation sites (tertiary alicyclic amines) is 1. The predicted octanol–water partition coefficient (Wildman–Crippen LogP) is 3.70. The van der Waals surface area contributed by atoms with Gasteiger partial charge in [0.25, 0.3) is 0 Å². The summed E-state index contributed by atoms with van der Waals surface area (Å²) in [6, 6.07) is 7.02. The maximum absolute atomic E-state index is 3.55. The van der Waals surface area contributed by atoms with E-state index in [1.807, 2.05) is 0 Å². The van der Waals surface area contributed by atoms with Crippen molar-refractivity contribution in [2.45, 2.75) is 18.9 Å². The van der Waals surface area contributed by atoms with Gasteiger partial charge in [-0.1, -0.05) is 15.9 Å². The first-order valence-corrected chi connectivity index (χ1v) is 6.52. The summed E-state index contributed by atoms with van der Waals surface area (Å²) in [6.45, 7) is 1.21. The number of benzene rings is 1. The summed E-state index contributed by atoms with van der Waals surface area (Å²) >= 11 is 3.55. The Bertz CT molecular complexity index is 518. The third kappa shape index (κ3) is 1.59. The second-order valence-electron chi connectivity index (χ2n) is 4.57. The van der Waals surface area contributed by atoms with Crippen LogP contribution >= 0.6 is 15.9 Å². The van der Waals surface area contributed by atoms with E-state index < -0.39 is 0 Å². The average molecular weight is 279 g/mol. The molecule has 1 N–H and O–H groups in total. The number of hydrogen-bond donors (Lipinski definition) is 1. The van der Waals surface area contributed by atoms with E-state index in [4.69, 9.17) is 0 Å². The molecule has 3 rings (SSSR count). The van der Waals surface area contributed by atoms with Gasteiger partial charge in [-0.3, -0.25) is 4.90 Å². The van der Waals surface area contributed by atoms with Gasteiger partial charge in [0.05, 0.1) is 0 Å². The lowest BCUT2D eigenvalue weighted by atomic mass is 10.0. The van der Waals surface area contributed by atoms with Crippen molar-refractivity contribution in [3.8, 4) is 0 Å². The third-order valence-electron chi connectivity index (χ3n) is 3.56. The molecule has 0 unspecified atom stereocenters. The van der Waals surface area contributed by atoms with Crippen LogP contribution in [0.5, 0.6) is 0 Å². The fourth-order valence-corrected chi connectivity index (χ4v) is 3.05. The summed E-state index contributed by atoms with van der Waals surface area (Å²) < 4.78 is 1.15. The minimum Gasteiger partial charge on any atom is -0.361 e. The summed E-state index contributed by atoms with van der Waals surface area (Å²) in [5.41, 5.74) is 2.68. The predicted molar refractivity (Wildman–Crippen MR) is 70.6 cm³/mol. The van der Waals surface area contributed by atoms with Crippen LogP contribution in [0.15, 0.2) is 28.9 Å². The Morgan fingerprint density at radius 2 is 2.31 bits per heavy atom. The Labute approximate surface area is 104 Å². The number of aromatic nitrogens is 1. The van der Waals surface area contributed by atoms with Gasteiger partial charge in [0.15, 0.2) is 0 Å². The first-order valence-electron chi connectivity index (χ1n) is 5.72. The lowest BCUT2D eigenvalue weighted by molar-refractivity contribution is 0.319. The normalized spacial score (nSPS) is 22.0. The van der Waals surface area contributed by atoms with Gasteiger partial charge in [-0.05, 0) is 50.2 Å². The average Bonchev–Trinajstić information content (AvgIpc) is 2.83. The van der Waals surface area contributed by atoms with E-state index in [1.165, 1.54) is 35.9 Å². The van der Waals surface area contributed by atoms with Gasteiger partial charge in [0.2, 0.25) is 0 Å². The Morgan fingerprint density at radius 3 is 3.06 bits per heavy atom. The van der Waals surface area contributed by atoms with Crippen molar-refractivity contribution in [1.29, 1.82) is 0 Å². The van der Waals surface area contributed by atoms with E-state index in [1.54, 1.807) is 0 Å². The standard InChI is InChI=1S/C13H15BrN2/c1-16-6-2-3-13(16)11-8-15-12-5-4-9(14)7-10(11)12/h4-5,7-8,13,15H,2-3,6H2,1H3/t13-/m0/s1. The van der Waals surface area contributed by atoms with Crippen molar-refractivity contribution in [3.05, 3.63) is 34.4 Å². The van der Waals surface area contributed by atoms with Crippen LogP contribution in [0, 0.1) is 0 Å². The molecule has 84 valence electrons. The summed E-state index contributed by atoms with van der Waals surface area (Å²) in [5, 5.41) is 1.35. The fourth-order valence-electron chi connectivity index (χ4n) is 2.69. The fraction of sp³-hybridized carbons (Fsp3) is 0.385. The van der Waals surface area contributed by atoms with Gasteiger partial charge in [0, 0.05) is 27.6 Å². The number of H-pyrrole nitrogens is 1. The maximum atomic E-state index is 3.55. The topological polar surface area (TPSA) is 19.0 Å². The van der Waals surface area contributed by atoms with E-state index in [0.29, 0.717) is 6.04 Å². The number of rotatable bonds is 1. The smallest absolute Gasteiger partial charge is 0.0458 e. The highest BCUT2D eigenvalue weighted by molar-refractivity contribution is 9.10. The lowest BCUT2D eigenvalue weighted by Crippen LogP contribution is -2.17. The number of nitrogens with one attached hydrogen (secondary N) is 1. The van der Waals surface area contributed by atoms with Crippen molar-refractivity contribution in [3.63, 3.8) is 0 Å². The van der Waals surface area contributed by atoms with Gasteiger partial charge in [0.1, 0.15) is 0 Å². The van der Waals surface area contributed by atoms with E-state index in [-0.39, 0.29) is 0 Å². The third-order valence-corrected chi connectivity index (χ3v) is 4.05. The van der Waals surface area contributed by atoms with Crippen LogP contribution in [0.1, 0.15) is 24.4 Å². The molecular weight excluding hydrogens is 264 g/mol. The molecule has 3 heteroatoms. The molecule has 1 aromatic heterocycles. The Hall–Kier alpha value is -0.800. The molecule has 1 atom stereocenters. The number of aromatic amines is 1. The quantitative estimate of drug-likeness (QED) is 0.843. The van der Waals surface area contributed by atoms with Crippen LogP contribution in [0.4, 0.5) is 0 Å². The molecule has 0 saturated carbocycles. The van der Waals surface area contributed by atoms with E-state index in [9.17, 15) is 0 Å². The van der Waals surface area contributed by atoms with Crippen molar-refractivity contribution in [2.75, 3.05) is 13.6 Å². The summed E-state index contributed by atoms with van der Waals surface area (Å²) in [5.74, 6) is 0. The van der Waals surface area contributed by atoms with E-state index >= 15 is 0 Å². The highest BCUT2D eigenvalue weighted by Gasteiger charge is 2.24. The van der Waals surface area contributed by atoms with Gasteiger partial charge in [-0.25, -0.2) is 0 Å². The van der Waals surface area contributed by atoms with Crippen LogP contribution in [0.2, 0.25) is 0 Å². The van der Waals surface area contributed by atoms with Gasteiger partial charge in [-0.15, -0.1) is 0 Å². The molecule has 1 aliphatic heterocycles. The van der Waals surface area contributed by atoms with Gasteiger partial charge in [-0.2, -0.15) is 0 Å². The SMILES string of the molecule is CN1CCC[C@H]1c1c[nH]c2ccc(Br)cc12. The molecule has 0 radical (unpaired) electrons. The summed E-state index contributed by atoms with van der Waals surface area (Å²) in [7, 11) is 2.22. The molecule has 0 aliphatic carbocycles. The molecular formula is C13H15BrN2. The largest absolute Gasteiger partial charge is 0.361 e. The maximum Gasteiger partial charge on any atom is 0.0458 e. The second-order valence-corrected chi connectivity index (χ2v) is 5.49. The van der Waals surface area contributed by atoms with Crippen LogP contribution in [-0.2, 0) is 0 Å². The Kier molecular flexibility index (Phi) is 2.52. The Balaban J connectivity index is 2.12. The van der Waals surface area contributed by atoms with Gasteiger partial charge < -0.3 is 4.98 Å². The van der Waals surface area contributed by atoms with Crippen molar-refractivity contribution < 1.29 is 0 Å². The Morgan fingerprint density at radius 1 is 1.44 bits per heavy atom. The first-order chi connectivity index (χ1) is 7.75. The zero-order valence-electron chi connectivity index (χ0n) is 9.33. The monoisotopic (exact) mass is 278 g/mol. The molecule has 1 aliphatic rings. The zero-order valence-corrected chi connectivity index (χ0v) is 10.9. The number of nitrogens with zero attached hydrogens (tertiary/aromatic N) is 1. The molecule has 0 bridgehead atoms. The zero-order chi connectivity index (χ0) is 11.1. The number of hydrogen-bond acceptors (Lipinski definition) is 1. The minimum absolute atomic E-state index is 0.586. The lowest BCUT2D eigenvalue weighted by Gasteiger charge is -2.18. The van der Waals surface area contributed by atoms with Crippen molar-refractivity contribution in [1.82, 2.24) is 9.88 Å². The molecule has 2 aromatic rings. The summed E-state index contributed by atoms with van der Waals surface area (Å²) in [4.78, 5) is 5.81. The number of fused-ring (bicyclic) bond motifs is 1. The molecule has 16 heavy (non-hydrogen) atoms. The van der Waals surface area contributed by atoms with Crippen LogP contribution in [0.3, 0.4) is 0 Å².